The molecule has 1 saturated heterocycles. The van der Waals surface area contributed by atoms with Crippen molar-refractivity contribution in [2.24, 2.45) is 0 Å². The molecule has 186 valence electrons. The fourth-order valence-corrected chi connectivity index (χ4v) is 4.58. The number of hydrogen-bond donors (Lipinski definition) is 3. The number of nitrogens with zero attached hydrogens (tertiary/aromatic N) is 3. The minimum Gasteiger partial charge on any atom is -0.396 e. The average Bonchev–Trinajstić information content (AvgIpc) is 3.40. The standard InChI is InChI=1S/C26H32FN5O3/c1-18-23(12-14-33)30-32(21-6-4-3-5-7-21)25(18)29-26(34)28-24-17-31(13-15-35-2)16-22(24)19-8-10-20(27)11-9-19/h3-11,22,24,33H,12-17H2,1-2H3,(H2,28,29,34)/t22-,24+/m0/s1. The monoisotopic (exact) mass is 481 g/mol. The van der Waals surface area contributed by atoms with E-state index in [4.69, 9.17) is 4.74 Å². The molecule has 4 rings (SSSR count). The van der Waals surface area contributed by atoms with Crippen molar-refractivity contribution < 1.29 is 19.0 Å². The van der Waals surface area contributed by atoms with E-state index in [1.54, 1.807) is 23.9 Å². The molecule has 2 aromatic carbocycles. The average molecular weight is 482 g/mol. The molecule has 0 aliphatic carbocycles. The number of hydrogen-bond acceptors (Lipinski definition) is 5. The number of para-hydroxylation sites is 1. The molecule has 1 aliphatic heterocycles. The van der Waals surface area contributed by atoms with Crippen LogP contribution < -0.4 is 10.6 Å². The summed E-state index contributed by atoms with van der Waals surface area (Å²) >= 11 is 0. The van der Waals surface area contributed by atoms with Crippen LogP contribution in [-0.2, 0) is 11.2 Å². The fraction of sp³-hybridized carbons (Fsp3) is 0.385. The highest BCUT2D eigenvalue weighted by Crippen LogP contribution is 2.29. The van der Waals surface area contributed by atoms with Gasteiger partial charge in [0.25, 0.3) is 0 Å². The maximum Gasteiger partial charge on any atom is 0.320 e. The fourth-order valence-electron chi connectivity index (χ4n) is 4.58. The molecule has 2 atom stereocenters. The van der Waals surface area contributed by atoms with Crippen LogP contribution in [-0.4, -0.2) is 71.8 Å². The molecule has 2 heterocycles. The zero-order valence-corrected chi connectivity index (χ0v) is 20.1. The number of urea groups is 1. The van der Waals surface area contributed by atoms with Crippen LogP contribution in [0.2, 0.25) is 0 Å². The number of benzene rings is 2. The molecule has 0 spiro atoms. The summed E-state index contributed by atoms with van der Waals surface area (Å²) in [6, 6.07) is 15.5. The number of aliphatic hydroxyl groups is 1. The molecule has 2 amide bonds. The minimum atomic E-state index is -0.341. The summed E-state index contributed by atoms with van der Waals surface area (Å²) in [6.45, 7) is 4.59. The number of likely N-dealkylation sites (tertiary alicyclic amines) is 1. The van der Waals surface area contributed by atoms with Gasteiger partial charge >= 0.3 is 6.03 Å². The van der Waals surface area contributed by atoms with Gasteiger partial charge in [0.05, 0.1) is 24.0 Å². The maximum atomic E-state index is 13.5. The Hall–Kier alpha value is -3.27. The number of aliphatic hydroxyl groups excluding tert-OH is 1. The van der Waals surface area contributed by atoms with Crippen molar-refractivity contribution in [1.82, 2.24) is 20.0 Å². The van der Waals surface area contributed by atoms with E-state index in [-0.39, 0.29) is 30.4 Å². The zero-order chi connectivity index (χ0) is 24.8. The second-order valence-electron chi connectivity index (χ2n) is 8.76. The van der Waals surface area contributed by atoms with Gasteiger partial charge in [-0.05, 0) is 36.8 Å². The van der Waals surface area contributed by atoms with Crippen LogP contribution in [0.3, 0.4) is 0 Å². The van der Waals surface area contributed by atoms with Crippen molar-refractivity contribution in [2.75, 3.05) is 45.3 Å². The molecular weight excluding hydrogens is 449 g/mol. The van der Waals surface area contributed by atoms with Crippen LogP contribution in [0.25, 0.3) is 5.69 Å². The van der Waals surface area contributed by atoms with Crippen molar-refractivity contribution in [1.29, 1.82) is 0 Å². The summed E-state index contributed by atoms with van der Waals surface area (Å²) in [6.07, 6.45) is 0.395. The first-order valence-corrected chi connectivity index (χ1v) is 11.8. The lowest BCUT2D eigenvalue weighted by Crippen LogP contribution is -2.42. The lowest BCUT2D eigenvalue weighted by atomic mass is 9.94. The normalized spacial score (nSPS) is 18.1. The number of anilines is 1. The molecular formula is C26H32FN5O3. The third-order valence-electron chi connectivity index (χ3n) is 6.42. The Morgan fingerprint density at radius 1 is 1.17 bits per heavy atom. The number of amides is 2. The second kappa shape index (κ2) is 11.4. The van der Waals surface area contributed by atoms with Gasteiger partial charge < -0.3 is 15.2 Å². The Bertz CT molecular complexity index is 1120. The first-order valence-electron chi connectivity index (χ1n) is 11.8. The van der Waals surface area contributed by atoms with Crippen molar-refractivity contribution in [3.63, 3.8) is 0 Å². The summed E-state index contributed by atoms with van der Waals surface area (Å²) in [5.41, 5.74) is 3.32. The van der Waals surface area contributed by atoms with Crippen LogP contribution in [0.1, 0.15) is 22.7 Å². The largest absolute Gasteiger partial charge is 0.396 e. The molecule has 0 unspecified atom stereocenters. The Kier molecular flexibility index (Phi) is 8.12. The van der Waals surface area contributed by atoms with E-state index in [1.165, 1.54) is 12.1 Å². The maximum absolute atomic E-state index is 13.5. The summed E-state index contributed by atoms with van der Waals surface area (Å²) < 4.78 is 20.4. The van der Waals surface area contributed by atoms with E-state index in [0.717, 1.165) is 35.6 Å². The number of nitrogens with one attached hydrogen (secondary N) is 2. The van der Waals surface area contributed by atoms with Crippen LogP contribution >= 0.6 is 0 Å². The van der Waals surface area contributed by atoms with E-state index in [9.17, 15) is 14.3 Å². The van der Waals surface area contributed by atoms with Gasteiger partial charge in [-0.2, -0.15) is 5.10 Å². The Morgan fingerprint density at radius 3 is 2.60 bits per heavy atom. The van der Waals surface area contributed by atoms with Gasteiger partial charge in [0.1, 0.15) is 11.6 Å². The number of ether oxygens (including phenoxy) is 1. The Morgan fingerprint density at radius 2 is 1.91 bits per heavy atom. The third kappa shape index (κ3) is 5.87. The molecule has 1 aliphatic rings. The van der Waals surface area contributed by atoms with Gasteiger partial charge in [-0.1, -0.05) is 30.3 Å². The lowest BCUT2D eigenvalue weighted by Gasteiger charge is -2.21. The highest BCUT2D eigenvalue weighted by atomic mass is 19.1. The molecule has 1 fully saturated rings. The van der Waals surface area contributed by atoms with Gasteiger partial charge in [-0.25, -0.2) is 13.9 Å². The van der Waals surface area contributed by atoms with E-state index in [1.807, 2.05) is 37.3 Å². The highest BCUT2D eigenvalue weighted by molar-refractivity contribution is 5.90. The van der Waals surface area contributed by atoms with Crippen molar-refractivity contribution >= 4 is 11.8 Å². The van der Waals surface area contributed by atoms with E-state index in [0.29, 0.717) is 25.4 Å². The smallest absolute Gasteiger partial charge is 0.320 e. The number of carbonyl (C=O) groups is 1. The molecule has 8 nitrogen and oxygen atoms in total. The Balaban J connectivity index is 1.55. The molecule has 0 bridgehead atoms. The lowest BCUT2D eigenvalue weighted by molar-refractivity contribution is 0.159. The molecule has 3 N–H and O–H groups in total. The van der Waals surface area contributed by atoms with Crippen LogP contribution in [0.4, 0.5) is 15.0 Å². The number of carbonyl (C=O) groups excluding carboxylic acids is 1. The highest BCUT2D eigenvalue weighted by Gasteiger charge is 2.35. The van der Waals surface area contributed by atoms with E-state index in [2.05, 4.69) is 20.6 Å². The van der Waals surface area contributed by atoms with Crippen molar-refractivity contribution in [3.8, 4) is 5.69 Å². The minimum absolute atomic E-state index is 0.0169. The number of methoxy groups -OCH3 is 1. The van der Waals surface area contributed by atoms with Gasteiger partial charge in [-0.15, -0.1) is 0 Å². The van der Waals surface area contributed by atoms with Crippen LogP contribution in [0.15, 0.2) is 54.6 Å². The molecule has 0 radical (unpaired) electrons. The topological polar surface area (TPSA) is 91.7 Å². The summed E-state index contributed by atoms with van der Waals surface area (Å²) in [4.78, 5) is 15.4. The van der Waals surface area contributed by atoms with Gasteiger partial charge in [0, 0.05) is 51.3 Å². The molecule has 35 heavy (non-hydrogen) atoms. The molecule has 1 aromatic heterocycles. The SMILES string of the molecule is COCCN1C[C@@H](NC(=O)Nc2c(C)c(CCO)nn2-c2ccccc2)[C@H](c2ccc(F)cc2)C1. The number of aromatic nitrogens is 2. The van der Waals surface area contributed by atoms with Gasteiger partial charge in [0.2, 0.25) is 0 Å². The number of rotatable bonds is 9. The first kappa shape index (κ1) is 24.8. The van der Waals surface area contributed by atoms with E-state index < -0.39 is 0 Å². The van der Waals surface area contributed by atoms with Crippen molar-refractivity contribution in [2.45, 2.75) is 25.3 Å². The first-order chi connectivity index (χ1) is 17.0. The van der Waals surface area contributed by atoms with E-state index >= 15 is 0 Å². The Labute approximate surface area is 204 Å². The summed E-state index contributed by atoms with van der Waals surface area (Å²) in [7, 11) is 1.67. The number of halogens is 1. The summed E-state index contributed by atoms with van der Waals surface area (Å²) in [5, 5.41) is 20.2. The predicted molar refractivity (Wildman–Crippen MR) is 132 cm³/mol. The zero-order valence-electron chi connectivity index (χ0n) is 20.1. The second-order valence-corrected chi connectivity index (χ2v) is 8.76. The third-order valence-corrected chi connectivity index (χ3v) is 6.42. The molecule has 0 saturated carbocycles. The van der Waals surface area contributed by atoms with Crippen LogP contribution in [0.5, 0.6) is 0 Å². The van der Waals surface area contributed by atoms with Gasteiger partial charge in [0.15, 0.2) is 0 Å². The predicted octanol–water partition coefficient (Wildman–Crippen LogP) is 3.09. The van der Waals surface area contributed by atoms with Crippen molar-refractivity contribution in [3.05, 3.63) is 77.2 Å². The van der Waals surface area contributed by atoms with Gasteiger partial charge in [-0.3, -0.25) is 10.2 Å². The summed E-state index contributed by atoms with van der Waals surface area (Å²) in [5.74, 6) is 0.293. The quantitative estimate of drug-likeness (QED) is 0.437. The van der Waals surface area contributed by atoms with Crippen LogP contribution in [0, 0.1) is 12.7 Å². The molecule has 9 heteroatoms. The molecule has 3 aromatic rings.